The van der Waals surface area contributed by atoms with E-state index < -0.39 is 23.7 Å². The molecule has 0 fully saturated rings. The third-order valence-corrected chi connectivity index (χ3v) is 7.71. The van der Waals surface area contributed by atoms with Crippen molar-refractivity contribution in [3.05, 3.63) is 69.6 Å². The fourth-order valence-electron chi connectivity index (χ4n) is 4.64. The zero-order valence-electron chi connectivity index (χ0n) is 18.4. The second kappa shape index (κ2) is 10.3. The van der Waals surface area contributed by atoms with Crippen molar-refractivity contribution in [2.24, 2.45) is 5.92 Å². The van der Waals surface area contributed by atoms with E-state index in [1.807, 2.05) is 18.2 Å². The van der Waals surface area contributed by atoms with Crippen LogP contribution in [-0.2, 0) is 27.2 Å². The molecule has 3 aromatic rings. The number of hydrogen-bond donors (Lipinski definition) is 3. The van der Waals surface area contributed by atoms with Crippen molar-refractivity contribution >= 4 is 55.6 Å². The lowest BCUT2D eigenvalue weighted by Crippen LogP contribution is -2.46. The molecule has 1 heterocycles. The van der Waals surface area contributed by atoms with Gasteiger partial charge in [-0.3, -0.25) is 9.59 Å². The highest BCUT2D eigenvalue weighted by atomic mass is 79.9. The SMILES string of the molecule is CC(=O)SCC(C(=O)NC(Cc1c[nH]c2cc(F)ccc12)C(=O)O)C1CCc2cc(Br)ccc21. The van der Waals surface area contributed by atoms with Crippen LogP contribution in [0.4, 0.5) is 4.39 Å². The Morgan fingerprint density at radius 3 is 2.79 bits per heavy atom. The number of H-pyrrole nitrogens is 1. The van der Waals surface area contributed by atoms with Gasteiger partial charge in [-0.15, -0.1) is 0 Å². The predicted molar refractivity (Wildman–Crippen MR) is 133 cm³/mol. The summed E-state index contributed by atoms with van der Waals surface area (Å²) in [6.07, 6.45) is 3.27. The highest BCUT2D eigenvalue weighted by molar-refractivity contribution is 9.10. The van der Waals surface area contributed by atoms with E-state index in [0.29, 0.717) is 16.5 Å². The number of fused-ring (bicyclic) bond motifs is 2. The van der Waals surface area contributed by atoms with Crippen LogP contribution >= 0.6 is 27.7 Å². The Bertz CT molecular complexity index is 1260. The summed E-state index contributed by atoms with van der Waals surface area (Å²) in [4.78, 5) is 40.1. The van der Waals surface area contributed by atoms with Crippen molar-refractivity contribution in [3.63, 3.8) is 0 Å². The number of carboxylic acids is 1. The van der Waals surface area contributed by atoms with Crippen LogP contribution in [-0.4, -0.2) is 38.9 Å². The quantitative estimate of drug-likeness (QED) is 0.376. The number of benzene rings is 2. The van der Waals surface area contributed by atoms with E-state index >= 15 is 0 Å². The van der Waals surface area contributed by atoms with Crippen molar-refractivity contribution < 1.29 is 23.9 Å². The molecule has 1 amide bonds. The van der Waals surface area contributed by atoms with Crippen LogP contribution < -0.4 is 5.32 Å². The molecule has 6 nitrogen and oxygen atoms in total. The number of carbonyl (C=O) groups excluding carboxylic acids is 2. The van der Waals surface area contributed by atoms with E-state index in [2.05, 4.69) is 26.2 Å². The summed E-state index contributed by atoms with van der Waals surface area (Å²) in [6.45, 7) is 1.46. The van der Waals surface area contributed by atoms with Crippen LogP contribution in [0.3, 0.4) is 0 Å². The number of aromatic amines is 1. The van der Waals surface area contributed by atoms with Crippen LogP contribution in [0.2, 0.25) is 0 Å². The topological polar surface area (TPSA) is 99.3 Å². The summed E-state index contributed by atoms with van der Waals surface area (Å²) in [7, 11) is 0. The molecule has 178 valence electrons. The van der Waals surface area contributed by atoms with Gasteiger partial charge in [0.15, 0.2) is 5.12 Å². The first-order chi connectivity index (χ1) is 16.2. The van der Waals surface area contributed by atoms with Crippen LogP contribution in [0.5, 0.6) is 0 Å². The van der Waals surface area contributed by atoms with E-state index in [-0.39, 0.29) is 29.1 Å². The van der Waals surface area contributed by atoms with Gasteiger partial charge in [-0.05, 0) is 65.8 Å². The number of rotatable bonds is 8. The zero-order valence-corrected chi connectivity index (χ0v) is 20.8. The van der Waals surface area contributed by atoms with Gasteiger partial charge < -0.3 is 15.4 Å². The summed E-state index contributed by atoms with van der Waals surface area (Å²) in [6, 6.07) is 9.07. The first-order valence-electron chi connectivity index (χ1n) is 10.9. The second-order valence-electron chi connectivity index (χ2n) is 8.50. The third kappa shape index (κ3) is 5.36. The molecular formula is C25H24BrFN2O4S. The number of aliphatic carboxylic acids is 1. The Labute approximate surface area is 208 Å². The first-order valence-corrected chi connectivity index (χ1v) is 12.7. The van der Waals surface area contributed by atoms with Gasteiger partial charge in [0.05, 0.1) is 5.92 Å². The number of carbonyl (C=O) groups is 3. The maximum absolute atomic E-state index is 13.5. The molecule has 1 aromatic heterocycles. The molecule has 3 unspecified atom stereocenters. The van der Waals surface area contributed by atoms with Gasteiger partial charge in [-0.25, -0.2) is 9.18 Å². The van der Waals surface area contributed by atoms with Gasteiger partial charge in [0.1, 0.15) is 11.9 Å². The molecule has 3 atom stereocenters. The molecule has 0 bridgehead atoms. The summed E-state index contributed by atoms with van der Waals surface area (Å²) in [5.41, 5.74) is 3.46. The lowest BCUT2D eigenvalue weighted by molar-refractivity contribution is -0.142. The first kappa shape index (κ1) is 24.5. The van der Waals surface area contributed by atoms with E-state index in [1.54, 1.807) is 12.3 Å². The van der Waals surface area contributed by atoms with E-state index in [1.165, 1.54) is 19.1 Å². The number of amides is 1. The summed E-state index contributed by atoms with van der Waals surface area (Å²) >= 11 is 4.56. The zero-order chi connectivity index (χ0) is 24.4. The molecule has 0 saturated carbocycles. The van der Waals surface area contributed by atoms with Crippen LogP contribution in [0.25, 0.3) is 10.9 Å². The number of aryl methyl sites for hydroxylation is 1. The molecule has 9 heteroatoms. The Kier molecular flexibility index (Phi) is 7.42. The van der Waals surface area contributed by atoms with E-state index in [0.717, 1.165) is 40.2 Å². The average molecular weight is 547 g/mol. The number of thioether (sulfide) groups is 1. The minimum atomic E-state index is -1.16. The minimum absolute atomic E-state index is 0.0491. The Balaban J connectivity index is 1.56. The molecular weight excluding hydrogens is 523 g/mol. The number of nitrogens with one attached hydrogen (secondary N) is 2. The fraction of sp³-hybridized carbons (Fsp3) is 0.320. The molecule has 0 aliphatic heterocycles. The largest absolute Gasteiger partial charge is 0.480 e. The lowest BCUT2D eigenvalue weighted by atomic mass is 9.87. The molecule has 4 rings (SSSR count). The number of hydrogen-bond acceptors (Lipinski definition) is 4. The predicted octanol–water partition coefficient (Wildman–Crippen LogP) is 4.81. The number of carboxylic acid groups (broad SMARTS) is 1. The van der Waals surface area contributed by atoms with Crippen molar-refractivity contribution in [2.45, 2.75) is 38.1 Å². The highest BCUT2D eigenvalue weighted by Gasteiger charge is 2.36. The lowest BCUT2D eigenvalue weighted by Gasteiger charge is -2.25. The summed E-state index contributed by atoms with van der Waals surface area (Å²) in [5, 5.41) is 13.2. The highest BCUT2D eigenvalue weighted by Crippen LogP contribution is 2.41. The van der Waals surface area contributed by atoms with Crippen molar-refractivity contribution in [2.75, 3.05) is 5.75 Å². The van der Waals surface area contributed by atoms with Gasteiger partial charge in [0.25, 0.3) is 0 Å². The maximum atomic E-state index is 13.5. The van der Waals surface area contributed by atoms with Gasteiger partial charge in [-0.2, -0.15) is 0 Å². The Morgan fingerprint density at radius 1 is 1.26 bits per heavy atom. The van der Waals surface area contributed by atoms with E-state index in [9.17, 15) is 23.9 Å². The van der Waals surface area contributed by atoms with Gasteiger partial charge in [0, 0.05) is 40.7 Å². The molecule has 2 aromatic carbocycles. The van der Waals surface area contributed by atoms with Crippen molar-refractivity contribution in [3.8, 4) is 0 Å². The standard InChI is InChI=1S/C25H24BrFN2O4S/c1-13(30)34-12-21(20-5-2-14-8-16(26)3-6-18(14)20)24(31)29-23(25(32)33)9-15-11-28-22-10-17(27)4-7-19(15)22/h3-4,6-8,10-11,20-21,23,28H,2,5,9,12H2,1H3,(H,29,31)(H,32,33). The summed E-state index contributed by atoms with van der Waals surface area (Å²) in [5.74, 6) is -2.29. The van der Waals surface area contributed by atoms with Crippen LogP contribution in [0.15, 0.2) is 47.1 Å². The monoisotopic (exact) mass is 546 g/mol. The summed E-state index contributed by atoms with van der Waals surface area (Å²) < 4.78 is 14.5. The van der Waals surface area contributed by atoms with Gasteiger partial charge in [0.2, 0.25) is 5.91 Å². The Morgan fingerprint density at radius 2 is 2.06 bits per heavy atom. The number of halogens is 2. The number of aromatic nitrogens is 1. The second-order valence-corrected chi connectivity index (χ2v) is 10.6. The molecule has 3 N–H and O–H groups in total. The van der Waals surface area contributed by atoms with Gasteiger partial charge in [-0.1, -0.05) is 33.8 Å². The van der Waals surface area contributed by atoms with Crippen molar-refractivity contribution in [1.29, 1.82) is 0 Å². The maximum Gasteiger partial charge on any atom is 0.326 e. The van der Waals surface area contributed by atoms with Crippen LogP contribution in [0, 0.1) is 11.7 Å². The van der Waals surface area contributed by atoms with Crippen LogP contribution in [0.1, 0.15) is 36.0 Å². The Hall–Kier alpha value is -2.65. The molecule has 34 heavy (non-hydrogen) atoms. The minimum Gasteiger partial charge on any atom is -0.480 e. The smallest absolute Gasteiger partial charge is 0.326 e. The molecule has 1 aliphatic carbocycles. The molecule has 1 aliphatic rings. The average Bonchev–Trinajstić information content (AvgIpc) is 3.36. The molecule has 0 saturated heterocycles. The molecule has 0 radical (unpaired) electrons. The fourth-order valence-corrected chi connectivity index (χ4v) is 5.85. The third-order valence-electron chi connectivity index (χ3n) is 6.29. The van der Waals surface area contributed by atoms with Crippen molar-refractivity contribution in [1.82, 2.24) is 10.3 Å². The normalized spacial score (nSPS) is 16.7. The molecule has 0 spiro atoms. The van der Waals surface area contributed by atoms with E-state index in [4.69, 9.17) is 0 Å². The van der Waals surface area contributed by atoms with Gasteiger partial charge >= 0.3 is 5.97 Å².